The van der Waals surface area contributed by atoms with E-state index in [2.05, 4.69) is 4.98 Å². The van der Waals surface area contributed by atoms with Crippen LogP contribution in [0, 0.1) is 3.70 Å². The lowest BCUT2D eigenvalue weighted by Crippen LogP contribution is -2.12. The molecule has 1 aromatic heterocycles. The number of hydrogen-bond donors (Lipinski definition) is 1. The van der Waals surface area contributed by atoms with Gasteiger partial charge in [0.1, 0.15) is 8.85 Å². The molecule has 0 unspecified atom stereocenters. The molecule has 4 heteroatoms. The maximum Gasteiger partial charge on any atom is 0.151 e. The molecule has 1 N–H and O–H groups in total. The molecule has 0 atom stereocenters. The number of pyridine rings is 1. The minimum atomic E-state index is -0.114. The van der Waals surface area contributed by atoms with Gasteiger partial charge >= 0.3 is 0 Å². The lowest BCUT2D eigenvalue weighted by molar-refractivity contribution is 0.439. The summed E-state index contributed by atoms with van der Waals surface area (Å²) in [6.07, 6.45) is 0. The summed E-state index contributed by atoms with van der Waals surface area (Å²) < 4.78 is 0.551. The molecule has 0 spiro atoms. The van der Waals surface area contributed by atoms with Gasteiger partial charge in [0.05, 0.1) is 0 Å². The molecule has 0 bridgehead atoms. The van der Waals surface area contributed by atoms with E-state index in [1.807, 2.05) is 43.4 Å². The average molecular weight is 312 g/mol. The number of rotatable bonds is 0. The standard InChI is InChI=1S/C9H11ClINO/c1-9(2,3)5-4-6(10)12-8(11)7(5)13/h4,13H,1-3H3. The van der Waals surface area contributed by atoms with Crippen LogP contribution in [0.3, 0.4) is 0 Å². The number of halogens is 2. The van der Waals surface area contributed by atoms with E-state index >= 15 is 0 Å². The van der Waals surface area contributed by atoms with Crippen LogP contribution in [-0.4, -0.2) is 10.1 Å². The Hall–Kier alpha value is -0.0300. The van der Waals surface area contributed by atoms with Crippen LogP contribution in [0.5, 0.6) is 5.75 Å². The lowest BCUT2D eigenvalue weighted by Gasteiger charge is -2.20. The summed E-state index contributed by atoms with van der Waals surface area (Å²) in [5.41, 5.74) is 0.716. The van der Waals surface area contributed by atoms with Crippen LogP contribution in [0.15, 0.2) is 6.07 Å². The van der Waals surface area contributed by atoms with E-state index in [-0.39, 0.29) is 11.2 Å². The van der Waals surface area contributed by atoms with E-state index in [1.165, 1.54) is 0 Å². The van der Waals surface area contributed by atoms with Gasteiger partial charge in [0.2, 0.25) is 0 Å². The van der Waals surface area contributed by atoms with Crippen molar-refractivity contribution in [2.45, 2.75) is 26.2 Å². The molecule has 0 saturated heterocycles. The van der Waals surface area contributed by atoms with Crippen LogP contribution in [-0.2, 0) is 5.41 Å². The highest BCUT2D eigenvalue weighted by molar-refractivity contribution is 14.1. The first-order valence-corrected chi connectivity index (χ1v) is 5.33. The lowest BCUT2D eigenvalue weighted by atomic mass is 9.87. The molecule has 13 heavy (non-hydrogen) atoms. The molecule has 0 aliphatic rings. The second kappa shape index (κ2) is 3.61. The largest absolute Gasteiger partial charge is 0.505 e. The summed E-state index contributed by atoms with van der Waals surface area (Å²) in [4.78, 5) is 3.95. The third-order valence-corrected chi connectivity index (χ3v) is 2.67. The summed E-state index contributed by atoms with van der Waals surface area (Å²) in [5.74, 6) is 0.234. The van der Waals surface area contributed by atoms with Crippen molar-refractivity contribution in [2.75, 3.05) is 0 Å². The minimum Gasteiger partial charge on any atom is -0.505 e. The van der Waals surface area contributed by atoms with E-state index < -0.39 is 0 Å². The Morgan fingerprint density at radius 1 is 1.46 bits per heavy atom. The molecule has 1 aromatic rings. The van der Waals surface area contributed by atoms with Gasteiger partial charge in [-0.3, -0.25) is 0 Å². The van der Waals surface area contributed by atoms with Gasteiger partial charge in [-0.25, -0.2) is 4.98 Å². The first kappa shape index (κ1) is 11.0. The predicted molar refractivity (Wildman–Crippen MR) is 62.3 cm³/mol. The third-order valence-electron chi connectivity index (χ3n) is 1.73. The van der Waals surface area contributed by atoms with E-state index in [4.69, 9.17) is 11.6 Å². The quantitative estimate of drug-likeness (QED) is 0.589. The van der Waals surface area contributed by atoms with Crippen LogP contribution >= 0.6 is 34.2 Å². The smallest absolute Gasteiger partial charge is 0.151 e. The van der Waals surface area contributed by atoms with E-state index in [9.17, 15) is 5.11 Å². The van der Waals surface area contributed by atoms with Gasteiger partial charge in [0.15, 0.2) is 5.75 Å². The molecule has 0 fully saturated rings. The van der Waals surface area contributed by atoms with Crippen LogP contribution in [0.2, 0.25) is 5.15 Å². The summed E-state index contributed by atoms with van der Waals surface area (Å²) in [6, 6.07) is 1.71. The van der Waals surface area contributed by atoms with Crippen LogP contribution in [0.25, 0.3) is 0 Å². The topological polar surface area (TPSA) is 33.1 Å². The molecule has 0 aliphatic heterocycles. The highest BCUT2D eigenvalue weighted by Gasteiger charge is 2.20. The van der Waals surface area contributed by atoms with Gasteiger partial charge in [-0.1, -0.05) is 32.4 Å². The highest BCUT2D eigenvalue weighted by Crippen LogP contribution is 2.34. The SMILES string of the molecule is CC(C)(C)c1cc(Cl)nc(I)c1O. The molecule has 0 radical (unpaired) electrons. The van der Waals surface area contributed by atoms with Gasteiger partial charge in [0.25, 0.3) is 0 Å². The van der Waals surface area contributed by atoms with Gasteiger partial charge in [0, 0.05) is 5.56 Å². The maximum atomic E-state index is 9.73. The molecule has 0 amide bonds. The monoisotopic (exact) mass is 311 g/mol. The fourth-order valence-electron chi connectivity index (χ4n) is 1.05. The third kappa shape index (κ3) is 2.47. The Morgan fingerprint density at radius 3 is 2.46 bits per heavy atom. The van der Waals surface area contributed by atoms with E-state index in [1.54, 1.807) is 6.07 Å². The normalized spacial score (nSPS) is 11.8. The molecule has 0 saturated carbocycles. The minimum absolute atomic E-state index is 0.114. The summed E-state index contributed by atoms with van der Waals surface area (Å²) >= 11 is 7.77. The van der Waals surface area contributed by atoms with Gasteiger partial charge < -0.3 is 5.11 Å². The molecule has 0 aliphatic carbocycles. The molecular formula is C9H11ClINO. The number of hydrogen-bond acceptors (Lipinski definition) is 2. The summed E-state index contributed by atoms with van der Waals surface area (Å²) in [6.45, 7) is 6.07. The molecule has 2 nitrogen and oxygen atoms in total. The van der Waals surface area contributed by atoms with Crippen LogP contribution in [0.4, 0.5) is 0 Å². The fraction of sp³-hybridized carbons (Fsp3) is 0.444. The van der Waals surface area contributed by atoms with Crippen molar-refractivity contribution in [3.63, 3.8) is 0 Å². The fourth-order valence-corrected chi connectivity index (χ4v) is 1.94. The highest BCUT2D eigenvalue weighted by atomic mass is 127. The zero-order valence-corrected chi connectivity index (χ0v) is 10.6. The van der Waals surface area contributed by atoms with Crippen molar-refractivity contribution < 1.29 is 5.11 Å². The van der Waals surface area contributed by atoms with Crippen molar-refractivity contribution in [3.05, 3.63) is 20.5 Å². The van der Waals surface area contributed by atoms with Crippen molar-refractivity contribution in [3.8, 4) is 5.75 Å². The van der Waals surface area contributed by atoms with E-state index in [0.29, 0.717) is 8.85 Å². The second-order valence-electron chi connectivity index (χ2n) is 3.88. The Labute approximate surface area is 96.5 Å². The second-order valence-corrected chi connectivity index (χ2v) is 5.29. The van der Waals surface area contributed by atoms with E-state index in [0.717, 1.165) is 5.56 Å². The number of aromatic hydroxyl groups is 1. The molecule has 72 valence electrons. The van der Waals surface area contributed by atoms with Crippen LogP contribution in [0.1, 0.15) is 26.3 Å². The number of nitrogens with zero attached hydrogens (tertiary/aromatic N) is 1. The number of aromatic nitrogens is 1. The summed E-state index contributed by atoms with van der Waals surface area (Å²) in [5, 5.41) is 10.2. The summed E-state index contributed by atoms with van der Waals surface area (Å²) in [7, 11) is 0. The Morgan fingerprint density at radius 2 is 2.00 bits per heavy atom. The Bertz CT molecular complexity index is 333. The van der Waals surface area contributed by atoms with Gasteiger partial charge in [-0.05, 0) is 34.1 Å². The van der Waals surface area contributed by atoms with Crippen LogP contribution < -0.4 is 0 Å². The predicted octanol–water partition coefficient (Wildman–Crippen LogP) is 3.34. The molecule has 1 heterocycles. The van der Waals surface area contributed by atoms with Crippen molar-refractivity contribution in [1.82, 2.24) is 4.98 Å². The first-order chi connectivity index (χ1) is 5.82. The Kier molecular flexibility index (Phi) is 3.07. The Balaban J connectivity index is 3.37. The first-order valence-electron chi connectivity index (χ1n) is 3.88. The maximum absolute atomic E-state index is 9.73. The van der Waals surface area contributed by atoms with Gasteiger partial charge in [-0.15, -0.1) is 0 Å². The van der Waals surface area contributed by atoms with Crippen molar-refractivity contribution in [1.29, 1.82) is 0 Å². The molecular weight excluding hydrogens is 300 g/mol. The molecule has 0 aromatic carbocycles. The molecule has 1 rings (SSSR count). The van der Waals surface area contributed by atoms with Crippen molar-refractivity contribution in [2.24, 2.45) is 0 Å². The average Bonchev–Trinajstić information content (AvgIpc) is 1.94. The van der Waals surface area contributed by atoms with Gasteiger partial charge in [-0.2, -0.15) is 0 Å². The zero-order chi connectivity index (χ0) is 10.2. The zero-order valence-electron chi connectivity index (χ0n) is 7.73. The van der Waals surface area contributed by atoms with Crippen molar-refractivity contribution >= 4 is 34.2 Å².